The number of hydrogen-bond acceptors (Lipinski definition) is 4. The lowest BCUT2D eigenvalue weighted by Gasteiger charge is -2.24. The zero-order valence-electron chi connectivity index (χ0n) is 14.3. The highest BCUT2D eigenvalue weighted by atomic mass is 32.1. The third kappa shape index (κ3) is 3.71. The summed E-state index contributed by atoms with van der Waals surface area (Å²) in [5.74, 6) is 0.669. The molecule has 1 aromatic carbocycles. The zero-order valence-corrected chi connectivity index (χ0v) is 15.2. The number of likely N-dealkylation sites (tertiary alicyclic amines) is 1. The number of carbonyl (C=O) groups excluding carboxylic acids is 2. The molecule has 0 saturated carbocycles. The summed E-state index contributed by atoms with van der Waals surface area (Å²) < 4.78 is 1.95. The Morgan fingerprint density at radius 3 is 2.64 bits per heavy atom. The molecule has 2 atom stereocenters. The molecule has 1 saturated heterocycles. The first kappa shape index (κ1) is 17.5. The number of thiol groups is 1. The normalized spacial score (nSPS) is 18.2. The molecule has 0 spiro atoms. The molecule has 2 heterocycles. The minimum absolute atomic E-state index is 0.0622. The fourth-order valence-electron chi connectivity index (χ4n) is 3.19. The number of nitrogens with zero attached hydrogens (tertiary/aromatic N) is 3. The molecule has 2 amide bonds. The molecular weight excluding hydrogens is 336 g/mol. The molecular formula is C18H22N4O2S. The summed E-state index contributed by atoms with van der Waals surface area (Å²) in [5.41, 5.74) is 1.89. The van der Waals surface area contributed by atoms with Crippen molar-refractivity contribution in [2.75, 3.05) is 6.54 Å². The molecule has 25 heavy (non-hydrogen) atoms. The quantitative estimate of drug-likeness (QED) is 0.650. The average molecular weight is 358 g/mol. The Bertz CT molecular complexity index is 772. The van der Waals surface area contributed by atoms with E-state index in [2.05, 4.69) is 22.9 Å². The molecule has 0 radical (unpaired) electrons. The number of hydrogen-bond donors (Lipinski definition) is 2. The topological polar surface area (TPSA) is 67.2 Å². The smallest absolute Gasteiger partial charge is 0.243 e. The largest absolute Gasteiger partial charge is 0.339 e. The van der Waals surface area contributed by atoms with E-state index in [1.807, 2.05) is 42.1 Å². The van der Waals surface area contributed by atoms with Crippen molar-refractivity contribution >= 4 is 24.4 Å². The Labute approximate surface area is 152 Å². The predicted molar refractivity (Wildman–Crippen MR) is 98.9 cm³/mol. The first-order valence-electron chi connectivity index (χ1n) is 8.30. The molecule has 6 nitrogen and oxygen atoms in total. The molecule has 1 aliphatic heterocycles. The summed E-state index contributed by atoms with van der Waals surface area (Å²) in [5, 5.41) is 2.48. The van der Waals surface area contributed by atoms with Gasteiger partial charge in [-0.25, -0.2) is 4.98 Å². The van der Waals surface area contributed by atoms with Gasteiger partial charge in [0, 0.05) is 38.5 Å². The summed E-state index contributed by atoms with van der Waals surface area (Å²) in [6.07, 6.45) is 5.21. The lowest BCUT2D eigenvalue weighted by molar-refractivity contribution is -0.136. The molecule has 132 valence electrons. The van der Waals surface area contributed by atoms with Crippen LogP contribution in [0.25, 0.3) is 11.4 Å². The van der Waals surface area contributed by atoms with E-state index in [1.165, 1.54) is 6.92 Å². The van der Waals surface area contributed by atoms with E-state index in [-0.39, 0.29) is 17.9 Å². The van der Waals surface area contributed by atoms with Crippen molar-refractivity contribution in [1.82, 2.24) is 19.8 Å². The lowest BCUT2D eigenvalue weighted by atomic mass is 10.1. The molecule has 0 aliphatic carbocycles. The zero-order chi connectivity index (χ0) is 18.0. The van der Waals surface area contributed by atoms with Crippen LogP contribution in [-0.2, 0) is 16.6 Å². The SMILES string of the molecule is CC(=O)N1CCCC1C(=O)NC(S)c1ccc(-c2nccn2C)cc1. The Morgan fingerprint density at radius 1 is 1.32 bits per heavy atom. The predicted octanol–water partition coefficient (Wildman–Crippen LogP) is 2.14. The monoisotopic (exact) mass is 358 g/mol. The van der Waals surface area contributed by atoms with E-state index in [9.17, 15) is 9.59 Å². The van der Waals surface area contributed by atoms with Crippen LogP contribution >= 0.6 is 12.6 Å². The second-order valence-electron chi connectivity index (χ2n) is 6.27. The van der Waals surface area contributed by atoms with Crippen molar-refractivity contribution < 1.29 is 9.59 Å². The molecule has 1 aromatic heterocycles. The van der Waals surface area contributed by atoms with Crippen molar-refractivity contribution in [3.05, 3.63) is 42.2 Å². The number of nitrogens with one attached hydrogen (secondary N) is 1. The van der Waals surface area contributed by atoms with Crippen LogP contribution in [0.2, 0.25) is 0 Å². The lowest BCUT2D eigenvalue weighted by Crippen LogP contribution is -2.45. The van der Waals surface area contributed by atoms with Crippen LogP contribution in [0.15, 0.2) is 36.7 Å². The molecule has 2 aromatic rings. The van der Waals surface area contributed by atoms with Crippen LogP contribution in [0, 0.1) is 0 Å². The van der Waals surface area contributed by atoms with Crippen molar-refractivity contribution in [2.45, 2.75) is 31.2 Å². The molecule has 2 unspecified atom stereocenters. The fourth-order valence-corrected chi connectivity index (χ4v) is 3.49. The minimum atomic E-state index is -0.419. The van der Waals surface area contributed by atoms with Gasteiger partial charge in [-0.15, -0.1) is 12.6 Å². The van der Waals surface area contributed by atoms with Gasteiger partial charge in [-0.1, -0.05) is 24.3 Å². The molecule has 7 heteroatoms. The number of carbonyl (C=O) groups is 2. The van der Waals surface area contributed by atoms with Gasteiger partial charge >= 0.3 is 0 Å². The van der Waals surface area contributed by atoms with Gasteiger partial charge in [-0.3, -0.25) is 9.59 Å². The Balaban J connectivity index is 1.67. The van der Waals surface area contributed by atoms with Crippen LogP contribution in [0.4, 0.5) is 0 Å². The van der Waals surface area contributed by atoms with Gasteiger partial charge in [0.15, 0.2) is 0 Å². The summed E-state index contributed by atoms with van der Waals surface area (Å²) >= 11 is 4.51. The Kier molecular flexibility index (Phi) is 5.13. The van der Waals surface area contributed by atoms with Crippen LogP contribution in [-0.4, -0.2) is 38.9 Å². The van der Waals surface area contributed by atoms with E-state index < -0.39 is 5.37 Å². The number of benzene rings is 1. The molecule has 0 bridgehead atoms. The highest BCUT2D eigenvalue weighted by Gasteiger charge is 2.32. The second kappa shape index (κ2) is 7.31. The number of imidazole rings is 1. The Morgan fingerprint density at radius 2 is 2.04 bits per heavy atom. The first-order valence-corrected chi connectivity index (χ1v) is 8.82. The average Bonchev–Trinajstić information content (AvgIpc) is 3.23. The van der Waals surface area contributed by atoms with E-state index in [0.717, 1.165) is 23.4 Å². The van der Waals surface area contributed by atoms with Gasteiger partial charge in [0.05, 0.1) is 5.37 Å². The number of aromatic nitrogens is 2. The maximum Gasteiger partial charge on any atom is 0.243 e. The van der Waals surface area contributed by atoms with Gasteiger partial charge < -0.3 is 14.8 Å². The molecule has 1 fully saturated rings. The third-order valence-corrected chi connectivity index (χ3v) is 4.97. The third-order valence-electron chi connectivity index (χ3n) is 4.54. The summed E-state index contributed by atoms with van der Waals surface area (Å²) in [6.45, 7) is 2.14. The maximum atomic E-state index is 12.5. The number of rotatable bonds is 4. The molecule has 3 rings (SSSR count). The summed E-state index contributed by atoms with van der Waals surface area (Å²) in [4.78, 5) is 30.0. The van der Waals surface area contributed by atoms with Gasteiger partial charge in [0.1, 0.15) is 11.9 Å². The van der Waals surface area contributed by atoms with Crippen molar-refractivity contribution in [3.63, 3.8) is 0 Å². The van der Waals surface area contributed by atoms with Crippen LogP contribution in [0.1, 0.15) is 30.7 Å². The highest BCUT2D eigenvalue weighted by molar-refractivity contribution is 7.80. The van der Waals surface area contributed by atoms with E-state index in [0.29, 0.717) is 13.0 Å². The van der Waals surface area contributed by atoms with E-state index >= 15 is 0 Å². The second-order valence-corrected chi connectivity index (χ2v) is 6.78. The number of amides is 2. The molecule has 1 aliphatic rings. The van der Waals surface area contributed by atoms with Gasteiger partial charge in [-0.05, 0) is 18.4 Å². The number of aryl methyl sites for hydroxylation is 1. The van der Waals surface area contributed by atoms with Crippen LogP contribution < -0.4 is 5.32 Å². The van der Waals surface area contributed by atoms with E-state index in [4.69, 9.17) is 0 Å². The minimum Gasteiger partial charge on any atom is -0.339 e. The standard InChI is InChI=1S/C18H22N4O2S/c1-12(23)22-10-3-4-15(22)17(24)20-18(25)14-7-5-13(6-8-14)16-19-9-11-21(16)2/h5-9,11,15,18,25H,3-4,10H2,1-2H3,(H,20,24). The van der Waals surface area contributed by atoms with Crippen molar-refractivity contribution in [3.8, 4) is 11.4 Å². The molecule has 1 N–H and O–H groups in total. The summed E-state index contributed by atoms with van der Waals surface area (Å²) in [7, 11) is 1.94. The van der Waals surface area contributed by atoms with Crippen LogP contribution in [0.5, 0.6) is 0 Å². The van der Waals surface area contributed by atoms with Crippen molar-refractivity contribution in [2.24, 2.45) is 7.05 Å². The van der Waals surface area contributed by atoms with Gasteiger partial charge in [0.2, 0.25) is 11.8 Å². The Hall–Kier alpha value is -2.28. The van der Waals surface area contributed by atoms with Crippen LogP contribution in [0.3, 0.4) is 0 Å². The van der Waals surface area contributed by atoms with E-state index in [1.54, 1.807) is 11.1 Å². The van der Waals surface area contributed by atoms with Crippen molar-refractivity contribution in [1.29, 1.82) is 0 Å². The fraction of sp³-hybridized carbons (Fsp3) is 0.389. The van der Waals surface area contributed by atoms with Gasteiger partial charge in [0.25, 0.3) is 0 Å². The first-order chi connectivity index (χ1) is 12.0. The summed E-state index contributed by atoms with van der Waals surface area (Å²) in [6, 6.07) is 7.40. The maximum absolute atomic E-state index is 12.5. The highest BCUT2D eigenvalue weighted by Crippen LogP contribution is 2.24. The van der Waals surface area contributed by atoms with Gasteiger partial charge in [-0.2, -0.15) is 0 Å².